The van der Waals surface area contributed by atoms with E-state index in [1.54, 1.807) is 0 Å². The van der Waals surface area contributed by atoms with E-state index in [4.69, 9.17) is 11.6 Å². The molecule has 0 bridgehead atoms. The number of hydrogen-bond donors (Lipinski definition) is 0. The Labute approximate surface area is 74.5 Å². The zero-order valence-corrected chi connectivity index (χ0v) is 6.88. The molecule has 0 aliphatic heterocycles. The fourth-order valence-electron chi connectivity index (χ4n) is 0.765. The molecular formula is C9H6ClFO. The molecule has 0 N–H and O–H groups in total. The van der Waals surface area contributed by atoms with Gasteiger partial charge >= 0.3 is 0 Å². The standard InChI is InChI=1S/C9H6ClFO/c10-9(5-6-12)7-1-3-8(11)4-2-7/h1-6H/b9-5-. The molecule has 0 radical (unpaired) electrons. The van der Waals surface area contributed by atoms with E-state index in [9.17, 15) is 9.18 Å². The largest absolute Gasteiger partial charge is 0.299 e. The van der Waals surface area contributed by atoms with Crippen LogP contribution in [-0.4, -0.2) is 6.29 Å². The SMILES string of the molecule is O=C/C=C(\Cl)c1ccc(F)cc1. The Balaban J connectivity index is 2.97. The van der Waals surface area contributed by atoms with Crippen molar-refractivity contribution in [2.75, 3.05) is 0 Å². The van der Waals surface area contributed by atoms with E-state index < -0.39 is 0 Å². The van der Waals surface area contributed by atoms with Crippen molar-refractivity contribution in [1.29, 1.82) is 0 Å². The average molecular weight is 185 g/mol. The first-order valence-electron chi connectivity index (χ1n) is 3.31. The Morgan fingerprint density at radius 3 is 2.42 bits per heavy atom. The van der Waals surface area contributed by atoms with E-state index in [1.165, 1.54) is 30.3 Å². The summed E-state index contributed by atoms with van der Waals surface area (Å²) in [6.07, 6.45) is 1.81. The molecule has 0 unspecified atom stereocenters. The number of aldehydes is 1. The van der Waals surface area contributed by atoms with Gasteiger partial charge in [0.1, 0.15) is 12.1 Å². The van der Waals surface area contributed by atoms with Gasteiger partial charge < -0.3 is 0 Å². The first-order valence-corrected chi connectivity index (χ1v) is 3.69. The van der Waals surface area contributed by atoms with Gasteiger partial charge in [0.15, 0.2) is 0 Å². The summed E-state index contributed by atoms with van der Waals surface area (Å²) in [4.78, 5) is 10.0. The van der Waals surface area contributed by atoms with Crippen molar-refractivity contribution in [1.82, 2.24) is 0 Å². The van der Waals surface area contributed by atoms with Crippen molar-refractivity contribution in [3.63, 3.8) is 0 Å². The monoisotopic (exact) mass is 184 g/mol. The van der Waals surface area contributed by atoms with Gasteiger partial charge in [0.25, 0.3) is 0 Å². The van der Waals surface area contributed by atoms with E-state index in [0.717, 1.165) is 0 Å². The van der Waals surface area contributed by atoms with Gasteiger partial charge in [-0.3, -0.25) is 4.79 Å². The van der Waals surface area contributed by atoms with Crippen molar-refractivity contribution < 1.29 is 9.18 Å². The Morgan fingerprint density at radius 2 is 1.92 bits per heavy atom. The lowest BCUT2D eigenvalue weighted by atomic mass is 10.2. The van der Waals surface area contributed by atoms with Crippen LogP contribution in [-0.2, 0) is 4.79 Å². The zero-order chi connectivity index (χ0) is 8.97. The van der Waals surface area contributed by atoms with Crippen LogP contribution in [0.1, 0.15) is 5.56 Å². The van der Waals surface area contributed by atoms with Crippen LogP contribution >= 0.6 is 11.6 Å². The quantitative estimate of drug-likeness (QED) is 0.510. The van der Waals surface area contributed by atoms with E-state index in [0.29, 0.717) is 16.9 Å². The summed E-state index contributed by atoms with van der Waals surface area (Å²) in [5, 5.41) is 0.310. The second-order valence-corrected chi connectivity index (χ2v) is 2.56. The lowest BCUT2D eigenvalue weighted by Crippen LogP contribution is -1.78. The maximum atomic E-state index is 12.4. The summed E-state index contributed by atoms with van der Waals surface area (Å²) < 4.78 is 12.4. The number of allylic oxidation sites excluding steroid dienone is 1. The molecular weight excluding hydrogens is 179 g/mol. The van der Waals surface area contributed by atoms with E-state index in [-0.39, 0.29) is 5.82 Å². The third-order valence-electron chi connectivity index (χ3n) is 1.33. The van der Waals surface area contributed by atoms with Gasteiger partial charge in [0.2, 0.25) is 0 Å². The maximum absolute atomic E-state index is 12.4. The summed E-state index contributed by atoms with van der Waals surface area (Å²) in [5.74, 6) is -0.325. The Hall–Kier alpha value is -1.15. The topological polar surface area (TPSA) is 17.1 Å². The lowest BCUT2D eigenvalue weighted by molar-refractivity contribution is -0.104. The lowest BCUT2D eigenvalue weighted by Gasteiger charge is -1.95. The van der Waals surface area contributed by atoms with Crippen LogP contribution in [0.4, 0.5) is 4.39 Å². The average Bonchev–Trinajstić information content (AvgIpc) is 2.06. The van der Waals surface area contributed by atoms with Crippen LogP contribution in [0.5, 0.6) is 0 Å². The van der Waals surface area contributed by atoms with Gasteiger partial charge in [-0.1, -0.05) is 23.7 Å². The summed E-state index contributed by atoms with van der Waals surface area (Å²) in [6, 6.07) is 5.60. The van der Waals surface area contributed by atoms with Crippen molar-refractivity contribution in [3.05, 3.63) is 41.7 Å². The maximum Gasteiger partial charge on any atom is 0.144 e. The minimum absolute atomic E-state index is 0.310. The number of halogens is 2. The predicted molar refractivity (Wildman–Crippen MR) is 46.3 cm³/mol. The number of hydrogen-bond acceptors (Lipinski definition) is 1. The fourth-order valence-corrected chi connectivity index (χ4v) is 0.942. The summed E-state index contributed by atoms with van der Waals surface area (Å²) >= 11 is 5.67. The third kappa shape index (κ3) is 2.17. The van der Waals surface area contributed by atoms with Gasteiger partial charge in [0, 0.05) is 0 Å². The van der Waals surface area contributed by atoms with Gasteiger partial charge in [-0.25, -0.2) is 4.39 Å². The molecule has 0 amide bonds. The van der Waals surface area contributed by atoms with E-state index in [1.807, 2.05) is 0 Å². The molecule has 1 rings (SSSR count). The van der Waals surface area contributed by atoms with E-state index in [2.05, 4.69) is 0 Å². The number of carbonyl (C=O) groups is 1. The molecule has 1 aromatic carbocycles. The highest BCUT2D eigenvalue weighted by atomic mass is 35.5. The molecule has 0 aliphatic carbocycles. The van der Waals surface area contributed by atoms with Crippen LogP contribution < -0.4 is 0 Å². The first kappa shape index (κ1) is 8.94. The molecule has 3 heteroatoms. The Morgan fingerprint density at radius 1 is 1.33 bits per heavy atom. The van der Waals surface area contributed by atoms with Crippen LogP contribution in [0.2, 0.25) is 0 Å². The predicted octanol–water partition coefficient (Wildman–Crippen LogP) is 2.60. The molecule has 62 valence electrons. The highest BCUT2D eigenvalue weighted by molar-refractivity contribution is 6.49. The number of carbonyl (C=O) groups excluding carboxylic acids is 1. The molecule has 0 fully saturated rings. The number of rotatable bonds is 2. The molecule has 0 aromatic heterocycles. The Kier molecular flexibility index (Phi) is 3.00. The van der Waals surface area contributed by atoms with Gasteiger partial charge in [0.05, 0.1) is 5.03 Å². The van der Waals surface area contributed by atoms with E-state index >= 15 is 0 Å². The molecule has 0 atom stereocenters. The second kappa shape index (κ2) is 4.02. The van der Waals surface area contributed by atoms with Gasteiger partial charge in [-0.15, -0.1) is 0 Å². The molecule has 0 spiro atoms. The molecule has 1 aromatic rings. The van der Waals surface area contributed by atoms with Crippen LogP contribution in [0.25, 0.3) is 5.03 Å². The van der Waals surface area contributed by atoms with Crippen molar-refractivity contribution in [2.24, 2.45) is 0 Å². The number of benzene rings is 1. The smallest absolute Gasteiger partial charge is 0.144 e. The van der Waals surface area contributed by atoms with Gasteiger partial charge in [-0.2, -0.15) is 0 Å². The van der Waals surface area contributed by atoms with Crippen LogP contribution in [0.15, 0.2) is 30.3 Å². The minimum Gasteiger partial charge on any atom is -0.299 e. The summed E-state index contributed by atoms with van der Waals surface area (Å²) in [7, 11) is 0. The summed E-state index contributed by atoms with van der Waals surface area (Å²) in [5.41, 5.74) is 0.630. The summed E-state index contributed by atoms with van der Waals surface area (Å²) in [6.45, 7) is 0. The normalized spacial score (nSPS) is 11.3. The molecule has 12 heavy (non-hydrogen) atoms. The van der Waals surface area contributed by atoms with Crippen LogP contribution in [0.3, 0.4) is 0 Å². The highest BCUT2D eigenvalue weighted by Gasteiger charge is 1.96. The molecule has 0 saturated carbocycles. The minimum atomic E-state index is -0.325. The van der Waals surface area contributed by atoms with Crippen molar-refractivity contribution >= 4 is 22.9 Å². The molecule has 0 heterocycles. The highest BCUT2D eigenvalue weighted by Crippen LogP contribution is 2.17. The van der Waals surface area contributed by atoms with Crippen molar-refractivity contribution in [3.8, 4) is 0 Å². The van der Waals surface area contributed by atoms with Crippen molar-refractivity contribution in [2.45, 2.75) is 0 Å². The Bertz CT molecular complexity index is 303. The third-order valence-corrected chi connectivity index (χ3v) is 1.68. The second-order valence-electron chi connectivity index (χ2n) is 2.16. The molecule has 1 nitrogen and oxygen atoms in total. The van der Waals surface area contributed by atoms with Crippen LogP contribution in [0, 0.1) is 5.82 Å². The zero-order valence-electron chi connectivity index (χ0n) is 6.13. The molecule has 0 aliphatic rings. The first-order chi connectivity index (χ1) is 5.74. The van der Waals surface area contributed by atoms with Gasteiger partial charge in [-0.05, 0) is 23.8 Å². The molecule has 0 saturated heterocycles. The fraction of sp³-hybridized carbons (Fsp3) is 0.